The molecule has 0 radical (unpaired) electrons. The van der Waals surface area contributed by atoms with Crippen molar-refractivity contribution in [3.8, 4) is 10.8 Å². The lowest BCUT2D eigenvalue weighted by atomic mass is 10.1. The number of aromatic nitrogens is 2. The van der Waals surface area contributed by atoms with Crippen molar-refractivity contribution >= 4 is 32.1 Å². The van der Waals surface area contributed by atoms with Gasteiger partial charge in [0, 0.05) is 26.2 Å². The highest BCUT2D eigenvalue weighted by Crippen LogP contribution is 2.28. The van der Waals surface area contributed by atoms with E-state index in [1.807, 2.05) is 54.8 Å². The molecule has 7 nitrogen and oxygen atoms in total. The molecule has 1 saturated heterocycles. The van der Waals surface area contributed by atoms with Crippen molar-refractivity contribution in [1.29, 1.82) is 0 Å². The molecule has 1 unspecified atom stereocenters. The second kappa shape index (κ2) is 8.16. The van der Waals surface area contributed by atoms with Crippen molar-refractivity contribution in [2.24, 2.45) is 0 Å². The highest BCUT2D eigenvalue weighted by atomic mass is 32.2. The van der Waals surface area contributed by atoms with E-state index in [1.54, 1.807) is 27.8 Å². The van der Waals surface area contributed by atoms with Crippen LogP contribution in [0, 0.1) is 0 Å². The molecule has 160 valence electrons. The Morgan fingerprint density at radius 1 is 0.968 bits per heavy atom. The van der Waals surface area contributed by atoms with Crippen LogP contribution >= 0.6 is 11.3 Å². The lowest BCUT2D eigenvalue weighted by molar-refractivity contribution is 0.129. The van der Waals surface area contributed by atoms with Crippen LogP contribution in [0.2, 0.25) is 0 Å². The molecule has 0 aliphatic carbocycles. The predicted molar refractivity (Wildman–Crippen MR) is 120 cm³/mol. The zero-order chi connectivity index (χ0) is 21.4. The Morgan fingerprint density at radius 2 is 1.74 bits per heavy atom. The average molecular weight is 455 g/mol. The minimum absolute atomic E-state index is 0.0771. The summed E-state index contributed by atoms with van der Waals surface area (Å²) in [5.41, 5.74) is 0. The first-order valence-corrected chi connectivity index (χ1v) is 12.4. The third kappa shape index (κ3) is 3.89. The van der Waals surface area contributed by atoms with Crippen LogP contribution in [0.5, 0.6) is 0 Å². The maximum Gasteiger partial charge on any atom is 0.257 e. The minimum Gasteiger partial charge on any atom is -0.418 e. The lowest BCUT2D eigenvalue weighted by Gasteiger charge is -2.36. The number of sulfonamides is 1. The molecule has 2 aromatic carbocycles. The first kappa shape index (κ1) is 20.3. The molecule has 31 heavy (non-hydrogen) atoms. The van der Waals surface area contributed by atoms with Crippen molar-refractivity contribution in [1.82, 2.24) is 19.4 Å². The van der Waals surface area contributed by atoms with E-state index in [1.165, 1.54) is 0 Å². The van der Waals surface area contributed by atoms with Gasteiger partial charge in [-0.1, -0.05) is 36.4 Å². The van der Waals surface area contributed by atoms with Gasteiger partial charge in [-0.3, -0.25) is 4.90 Å². The van der Waals surface area contributed by atoms with E-state index in [4.69, 9.17) is 4.42 Å². The van der Waals surface area contributed by atoms with Gasteiger partial charge in [-0.2, -0.15) is 4.31 Å². The highest BCUT2D eigenvalue weighted by molar-refractivity contribution is 7.89. The summed E-state index contributed by atoms with van der Waals surface area (Å²) in [5.74, 6) is 1.07. The monoisotopic (exact) mass is 454 g/mol. The molecule has 1 atom stereocenters. The number of hydrogen-bond donors (Lipinski definition) is 0. The molecular weight excluding hydrogens is 432 g/mol. The second-order valence-electron chi connectivity index (χ2n) is 7.55. The van der Waals surface area contributed by atoms with Crippen molar-refractivity contribution in [2.45, 2.75) is 17.9 Å². The topological polar surface area (TPSA) is 79.5 Å². The van der Waals surface area contributed by atoms with Crippen LogP contribution in [0.3, 0.4) is 0 Å². The molecule has 1 aliphatic rings. The molecule has 1 aliphatic heterocycles. The van der Waals surface area contributed by atoms with Gasteiger partial charge in [-0.15, -0.1) is 21.5 Å². The van der Waals surface area contributed by atoms with Crippen LogP contribution in [0.25, 0.3) is 21.5 Å². The van der Waals surface area contributed by atoms with Crippen LogP contribution in [-0.2, 0) is 10.0 Å². The number of piperazine rings is 1. The van der Waals surface area contributed by atoms with Crippen LogP contribution in [0.15, 0.2) is 69.3 Å². The summed E-state index contributed by atoms with van der Waals surface area (Å²) in [6.45, 7) is 4.06. The van der Waals surface area contributed by atoms with Gasteiger partial charge in [0.25, 0.3) is 5.89 Å². The first-order chi connectivity index (χ1) is 15.0. The van der Waals surface area contributed by atoms with E-state index in [0.29, 0.717) is 42.9 Å². The zero-order valence-corrected chi connectivity index (χ0v) is 18.6. The summed E-state index contributed by atoms with van der Waals surface area (Å²) in [7, 11) is -3.54. The third-order valence-electron chi connectivity index (χ3n) is 5.71. The molecule has 0 saturated carbocycles. The van der Waals surface area contributed by atoms with Crippen molar-refractivity contribution in [2.75, 3.05) is 26.2 Å². The molecule has 0 N–H and O–H groups in total. The van der Waals surface area contributed by atoms with Crippen LogP contribution in [-0.4, -0.2) is 54.0 Å². The largest absolute Gasteiger partial charge is 0.418 e. The predicted octanol–water partition coefficient (Wildman–Crippen LogP) is 4.02. The summed E-state index contributed by atoms with van der Waals surface area (Å²) in [6.07, 6.45) is 0. The van der Waals surface area contributed by atoms with E-state index in [-0.39, 0.29) is 6.04 Å². The first-order valence-electron chi connectivity index (χ1n) is 10.1. The van der Waals surface area contributed by atoms with E-state index in [0.717, 1.165) is 15.6 Å². The summed E-state index contributed by atoms with van der Waals surface area (Å²) in [4.78, 5) is 3.46. The van der Waals surface area contributed by atoms with Crippen molar-refractivity contribution in [3.05, 3.63) is 65.9 Å². The van der Waals surface area contributed by atoms with E-state index in [2.05, 4.69) is 15.1 Å². The maximum absolute atomic E-state index is 13.2. The Balaban J connectivity index is 1.28. The molecule has 1 fully saturated rings. The lowest BCUT2D eigenvalue weighted by Crippen LogP contribution is -2.49. The Bertz CT molecular complexity index is 1290. The van der Waals surface area contributed by atoms with E-state index in [9.17, 15) is 8.42 Å². The number of nitrogens with zero attached hydrogens (tertiary/aromatic N) is 4. The van der Waals surface area contributed by atoms with Gasteiger partial charge in [0.05, 0.1) is 15.8 Å². The van der Waals surface area contributed by atoms with Crippen LogP contribution in [0.4, 0.5) is 0 Å². The quantitative estimate of drug-likeness (QED) is 0.453. The van der Waals surface area contributed by atoms with Gasteiger partial charge in [0.2, 0.25) is 15.9 Å². The molecule has 5 rings (SSSR count). The summed E-state index contributed by atoms with van der Waals surface area (Å²) >= 11 is 1.55. The highest BCUT2D eigenvalue weighted by Gasteiger charge is 2.32. The molecule has 3 heterocycles. The molecule has 0 amide bonds. The molecule has 4 aromatic rings. The standard InChI is InChI=1S/C22H22N4O3S2/c1-16(21-23-24-22(29-21)20-7-4-14-30-20)25-10-12-26(13-11-25)31(27,28)19-9-8-17-5-2-3-6-18(17)15-19/h2-9,14-16H,10-13H2,1H3. The third-order valence-corrected chi connectivity index (χ3v) is 8.46. The number of rotatable bonds is 5. The molecular formula is C22H22N4O3S2. The van der Waals surface area contributed by atoms with Gasteiger partial charge in [0.15, 0.2) is 0 Å². The number of benzene rings is 2. The molecule has 2 aromatic heterocycles. The average Bonchev–Trinajstić information content (AvgIpc) is 3.50. The van der Waals surface area contributed by atoms with Crippen LogP contribution in [0.1, 0.15) is 18.9 Å². The molecule has 0 bridgehead atoms. The normalized spacial score (nSPS) is 17.2. The SMILES string of the molecule is CC(c1nnc(-c2cccs2)o1)N1CCN(S(=O)(=O)c2ccc3ccccc3c2)CC1. The Kier molecular flexibility index (Phi) is 5.35. The van der Waals surface area contributed by atoms with Gasteiger partial charge < -0.3 is 4.42 Å². The Hall–Kier alpha value is -2.59. The van der Waals surface area contributed by atoms with Crippen molar-refractivity contribution < 1.29 is 12.8 Å². The van der Waals surface area contributed by atoms with Gasteiger partial charge in [-0.25, -0.2) is 8.42 Å². The van der Waals surface area contributed by atoms with E-state index >= 15 is 0 Å². The van der Waals surface area contributed by atoms with Crippen LogP contribution < -0.4 is 0 Å². The van der Waals surface area contributed by atoms with Crippen molar-refractivity contribution in [3.63, 3.8) is 0 Å². The Labute approximate surface area is 185 Å². The molecule has 9 heteroatoms. The van der Waals surface area contributed by atoms with Gasteiger partial charge >= 0.3 is 0 Å². The second-order valence-corrected chi connectivity index (χ2v) is 10.4. The van der Waals surface area contributed by atoms with Gasteiger partial charge in [0.1, 0.15) is 0 Å². The van der Waals surface area contributed by atoms with E-state index < -0.39 is 10.0 Å². The number of fused-ring (bicyclic) bond motifs is 1. The maximum atomic E-state index is 13.2. The fourth-order valence-corrected chi connectivity index (χ4v) is 5.97. The summed E-state index contributed by atoms with van der Waals surface area (Å²) in [5, 5.41) is 12.3. The van der Waals surface area contributed by atoms with Gasteiger partial charge in [-0.05, 0) is 41.3 Å². The fraction of sp³-hybridized carbons (Fsp3) is 0.273. The zero-order valence-electron chi connectivity index (χ0n) is 17.0. The summed E-state index contributed by atoms with van der Waals surface area (Å²) < 4.78 is 33.8. The summed E-state index contributed by atoms with van der Waals surface area (Å²) in [6, 6.07) is 16.9. The smallest absolute Gasteiger partial charge is 0.257 e. The minimum atomic E-state index is -3.54. The fourth-order valence-electron chi connectivity index (χ4n) is 3.87. The number of hydrogen-bond acceptors (Lipinski definition) is 7. The molecule has 0 spiro atoms. The Morgan fingerprint density at radius 3 is 2.48 bits per heavy atom. The number of thiophene rings is 1.